The van der Waals surface area contributed by atoms with Crippen molar-refractivity contribution in [2.24, 2.45) is 0 Å². The van der Waals surface area contributed by atoms with Crippen LogP contribution in [0.3, 0.4) is 0 Å². The van der Waals surface area contributed by atoms with E-state index < -0.39 is 0 Å². The van der Waals surface area contributed by atoms with Crippen LogP contribution >= 0.6 is 0 Å². The van der Waals surface area contributed by atoms with Gasteiger partial charge in [0, 0.05) is 44.6 Å². The summed E-state index contributed by atoms with van der Waals surface area (Å²) in [7, 11) is 0. The molecule has 1 atom stereocenters. The number of aromatic amines is 1. The summed E-state index contributed by atoms with van der Waals surface area (Å²) in [5.74, 6) is 0.139. The van der Waals surface area contributed by atoms with Crippen LogP contribution in [0.25, 0.3) is 0 Å². The van der Waals surface area contributed by atoms with Gasteiger partial charge in [-0.1, -0.05) is 18.2 Å². The number of benzene rings is 1. The topological polar surface area (TPSA) is 72.5 Å². The number of para-hydroxylation sites is 1. The van der Waals surface area contributed by atoms with Crippen molar-refractivity contribution in [1.82, 2.24) is 20.0 Å². The molecule has 7 heteroatoms. The van der Waals surface area contributed by atoms with Gasteiger partial charge in [0.2, 0.25) is 5.91 Å². The number of piperazine rings is 1. The van der Waals surface area contributed by atoms with Gasteiger partial charge in [-0.2, -0.15) is 5.10 Å². The number of aromatic nitrogens is 2. The minimum absolute atomic E-state index is 0.0270. The predicted octanol–water partition coefficient (Wildman–Crippen LogP) is 0.973. The zero-order valence-corrected chi connectivity index (χ0v) is 14.0. The molecule has 25 heavy (non-hydrogen) atoms. The van der Waals surface area contributed by atoms with E-state index in [-0.39, 0.29) is 17.9 Å². The maximum atomic E-state index is 12.8. The average Bonchev–Trinajstić information content (AvgIpc) is 3.32. The third kappa shape index (κ3) is 3.02. The Hall–Kier alpha value is -2.67. The molecule has 0 bridgehead atoms. The molecule has 1 aromatic carbocycles. The highest BCUT2D eigenvalue weighted by Gasteiger charge is 2.38. The molecule has 0 saturated carbocycles. The van der Waals surface area contributed by atoms with Crippen molar-refractivity contribution < 1.29 is 9.59 Å². The highest BCUT2D eigenvalue weighted by Crippen LogP contribution is 2.25. The fraction of sp³-hybridized carbons (Fsp3) is 0.389. The lowest BCUT2D eigenvalue weighted by Crippen LogP contribution is -2.53. The van der Waals surface area contributed by atoms with Gasteiger partial charge in [-0.05, 0) is 24.6 Å². The van der Waals surface area contributed by atoms with Crippen LogP contribution in [0.15, 0.2) is 42.6 Å². The Morgan fingerprint density at radius 1 is 1.04 bits per heavy atom. The second kappa shape index (κ2) is 6.68. The van der Waals surface area contributed by atoms with Gasteiger partial charge in [0.15, 0.2) is 0 Å². The summed E-state index contributed by atoms with van der Waals surface area (Å²) < 4.78 is 0. The maximum absolute atomic E-state index is 12.8. The Morgan fingerprint density at radius 3 is 2.48 bits per heavy atom. The first-order valence-corrected chi connectivity index (χ1v) is 8.63. The van der Waals surface area contributed by atoms with Gasteiger partial charge in [0.05, 0.1) is 6.04 Å². The smallest absolute Gasteiger partial charge is 0.271 e. The van der Waals surface area contributed by atoms with Gasteiger partial charge in [0.25, 0.3) is 5.91 Å². The summed E-state index contributed by atoms with van der Waals surface area (Å²) in [6.45, 7) is 3.46. The van der Waals surface area contributed by atoms with E-state index in [0.29, 0.717) is 18.8 Å². The standard InChI is InChI=1S/C18H21N5O2/c24-17(15-6-8-19-20-15)22-12-10-21(11-13-22)16-7-9-23(18(16)25)14-4-2-1-3-5-14/h1-6,8,16H,7,9-13H2,(H,19,20). The van der Waals surface area contributed by atoms with Crippen molar-refractivity contribution in [1.29, 1.82) is 0 Å². The maximum Gasteiger partial charge on any atom is 0.271 e. The number of nitrogens with one attached hydrogen (secondary N) is 1. The van der Waals surface area contributed by atoms with Gasteiger partial charge in [-0.15, -0.1) is 0 Å². The molecule has 2 amide bonds. The molecule has 2 aliphatic rings. The number of nitrogens with zero attached hydrogens (tertiary/aromatic N) is 4. The summed E-state index contributed by atoms with van der Waals surface area (Å²) in [6.07, 6.45) is 2.42. The van der Waals surface area contributed by atoms with Gasteiger partial charge in [-0.25, -0.2) is 0 Å². The second-order valence-corrected chi connectivity index (χ2v) is 6.43. The molecule has 1 unspecified atom stereocenters. The van der Waals surface area contributed by atoms with Crippen LogP contribution in [-0.2, 0) is 4.79 Å². The number of H-pyrrole nitrogens is 1. The molecular formula is C18H21N5O2. The van der Waals surface area contributed by atoms with E-state index in [1.54, 1.807) is 12.3 Å². The van der Waals surface area contributed by atoms with E-state index >= 15 is 0 Å². The average molecular weight is 339 g/mol. The first-order chi connectivity index (χ1) is 12.2. The zero-order valence-electron chi connectivity index (χ0n) is 14.0. The van der Waals surface area contributed by atoms with E-state index in [4.69, 9.17) is 0 Å². The minimum Gasteiger partial charge on any atom is -0.335 e. The molecule has 0 spiro atoms. The van der Waals surface area contributed by atoms with Crippen LogP contribution < -0.4 is 4.90 Å². The molecule has 3 heterocycles. The van der Waals surface area contributed by atoms with E-state index in [9.17, 15) is 9.59 Å². The number of hydrogen-bond acceptors (Lipinski definition) is 4. The van der Waals surface area contributed by atoms with Crippen molar-refractivity contribution in [2.45, 2.75) is 12.5 Å². The van der Waals surface area contributed by atoms with Crippen molar-refractivity contribution in [2.75, 3.05) is 37.6 Å². The minimum atomic E-state index is -0.0791. The van der Waals surface area contributed by atoms with E-state index in [0.717, 1.165) is 31.7 Å². The molecule has 2 aromatic rings. The summed E-state index contributed by atoms with van der Waals surface area (Å²) >= 11 is 0. The Kier molecular flexibility index (Phi) is 4.23. The van der Waals surface area contributed by atoms with Crippen LogP contribution in [-0.4, -0.2) is 70.6 Å². The van der Waals surface area contributed by atoms with Gasteiger partial charge in [0.1, 0.15) is 5.69 Å². The summed E-state index contributed by atoms with van der Waals surface area (Å²) in [6, 6.07) is 11.4. The lowest BCUT2D eigenvalue weighted by molar-refractivity contribution is -0.122. The lowest BCUT2D eigenvalue weighted by Gasteiger charge is -2.37. The molecule has 130 valence electrons. The van der Waals surface area contributed by atoms with Crippen molar-refractivity contribution in [3.8, 4) is 0 Å². The highest BCUT2D eigenvalue weighted by atomic mass is 16.2. The molecule has 2 aliphatic heterocycles. The van der Waals surface area contributed by atoms with Crippen LogP contribution in [0, 0.1) is 0 Å². The van der Waals surface area contributed by atoms with Crippen LogP contribution in [0.5, 0.6) is 0 Å². The second-order valence-electron chi connectivity index (χ2n) is 6.43. The Morgan fingerprint density at radius 2 is 1.80 bits per heavy atom. The number of carbonyl (C=O) groups is 2. The fourth-order valence-corrected chi connectivity index (χ4v) is 3.65. The third-order valence-electron chi connectivity index (χ3n) is 5.02. The van der Waals surface area contributed by atoms with Crippen LogP contribution in [0.1, 0.15) is 16.9 Å². The predicted molar refractivity (Wildman–Crippen MR) is 93.3 cm³/mol. The molecule has 0 radical (unpaired) electrons. The number of anilines is 1. The molecule has 2 fully saturated rings. The molecule has 1 aromatic heterocycles. The first kappa shape index (κ1) is 15.8. The van der Waals surface area contributed by atoms with E-state index in [2.05, 4.69) is 15.1 Å². The molecule has 4 rings (SSSR count). The van der Waals surface area contributed by atoms with Gasteiger partial charge in [-0.3, -0.25) is 19.6 Å². The number of carbonyl (C=O) groups excluding carboxylic acids is 2. The summed E-state index contributed by atoms with van der Waals surface area (Å²) in [4.78, 5) is 31.0. The fourth-order valence-electron chi connectivity index (χ4n) is 3.65. The third-order valence-corrected chi connectivity index (χ3v) is 5.02. The Labute approximate surface area is 146 Å². The van der Waals surface area contributed by atoms with Gasteiger partial charge < -0.3 is 9.80 Å². The number of hydrogen-bond donors (Lipinski definition) is 1. The molecule has 2 saturated heterocycles. The largest absolute Gasteiger partial charge is 0.335 e. The highest BCUT2D eigenvalue weighted by molar-refractivity contribution is 5.99. The number of rotatable bonds is 3. The van der Waals surface area contributed by atoms with Crippen molar-refractivity contribution in [3.05, 3.63) is 48.3 Å². The van der Waals surface area contributed by atoms with Crippen LogP contribution in [0.2, 0.25) is 0 Å². The Balaban J connectivity index is 1.37. The Bertz CT molecular complexity index is 738. The van der Waals surface area contributed by atoms with Crippen LogP contribution in [0.4, 0.5) is 5.69 Å². The van der Waals surface area contributed by atoms with E-state index in [1.165, 1.54) is 0 Å². The quantitative estimate of drug-likeness (QED) is 0.905. The van der Waals surface area contributed by atoms with Crippen molar-refractivity contribution in [3.63, 3.8) is 0 Å². The van der Waals surface area contributed by atoms with Gasteiger partial charge >= 0.3 is 0 Å². The lowest BCUT2D eigenvalue weighted by atomic mass is 10.1. The molecular weight excluding hydrogens is 318 g/mol. The SMILES string of the molecule is O=C(c1ccn[nH]1)N1CCN(C2CCN(c3ccccc3)C2=O)CC1. The van der Waals surface area contributed by atoms with E-state index in [1.807, 2.05) is 40.1 Å². The first-order valence-electron chi connectivity index (χ1n) is 8.63. The summed E-state index contributed by atoms with van der Waals surface area (Å²) in [5, 5.41) is 6.55. The molecule has 7 nitrogen and oxygen atoms in total. The normalized spacial score (nSPS) is 21.8. The number of amides is 2. The summed E-state index contributed by atoms with van der Waals surface area (Å²) in [5.41, 5.74) is 1.48. The zero-order chi connectivity index (χ0) is 17.2. The van der Waals surface area contributed by atoms with Crippen molar-refractivity contribution >= 4 is 17.5 Å². The molecule has 1 N–H and O–H groups in total. The monoisotopic (exact) mass is 339 g/mol. The molecule has 0 aliphatic carbocycles.